The average Bonchev–Trinajstić information content (AvgIpc) is 3.21. The predicted molar refractivity (Wildman–Crippen MR) is 105 cm³/mol. The van der Waals surface area contributed by atoms with E-state index in [2.05, 4.69) is 41.5 Å². The SMILES string of the molecule is CCCCc1ccc(-c2cnnn2-c2cc(OC)c(OC)cc2OC)cc1. The van der Waals surface area contributed by atoms with Crippen molar-refractivity contribution in [2.45, 2.75) is 26.2 Å². The van der Waals surface area contributed by atoms with Crippen LogP contribution in [0, 0.1) is 0 Å². The van der Waals surface area contributed by atoms with Crippen molar-refractivity contribution in [3.05, 3.63) is 48.2 Å². The van der Waals surface area contributed by atoms with Gasteiger partial charge in [-0.2, -0.15) is 0 Å². The van der Waals surface area contributed by atoms with Crippen molar-refractivity contribution in [2.75, 3.05) is 21.3 Å². The van der Waals surface area contributed by atoms with Crippen molar-refractivity contribution in [3.63, 3.8) is 0 Å². The molecule has 0 aliphatic heterocycles. The van der Waals surface area contributed by atoms with Crippen LogP contribution < -0.4 is 14.2 Å². The average molecular weight is 367 g/mol. The maximum absolute atomic E-state index is 5.54. The van der Waals surface area contributed by atoms with Crippen LogP contribution in [0.25, 0.3) is 16.9 Å². The van der Waals surface area contributed by atoms with Crippen LogP contribution in [0.15, 0.2) is 42.6 Å². The van der Waals surface area contributed by atoms with Crippen LogP contribution in [0.2, 0.25) is 0 Å². The lowest BCUT2D eigenvalue weighted by Crippen LogP contribution is -2.04. The van der Waals surface area contributed by atoms with E-state index >= 15 is 0 Å². The minimum atomic E-state index is 0.597. The van der Waals surface area contributed by atoms with Gasteiger partial charge < -0.3 is 14.2 Å². The van der Waals surface area contributed by atoms with Gasteiger partial charge in [-0.25, -0.2) is 4.68 Å². The van der Waals surface area contributed by atoms with Crippen LogP contribution in [0.3, 0.4) is 0 Å². The van der Waals surface area contributed by atoms with E-state index in [1.807, 2.05) is 6.07 Å². The summed E-state index contributed by atoms with van der Waals surface area (Å²) in [4.78, 5) is 0. The molecule has 6 nitrogen and oxygen atoms in total. The number of aromatic nitrogens is 3. The Balaban J connectivity index is 2.02. The van der Waals surface area contributed by atoms with Gasteiger partial charge in [0.1, 0.15) is 11.4 Å². The summed E-state index contributed by atoms with van der Waals surface area (Å²) in [5, 5.41) is 8.37. The normalized spacial score (nSPS) is 10.7. The Bertz CT molecular complexity index is 888. The van der Waals surface area contributed by atoms with Crippen LogP contribution in [0.5, 0.6) is 17.2 Å². The topological polar surface area (TPSA) is 58.4 Å². The first-order valence-electron chi connectivity index (χ1n) is 9.02. The summed E-state index contributed by atoms with van der Waals surface area (Å²) in [5.41, 5.74) is 3.99. The molecule has 6 heteroatoms. The summed E-state index contributed by atoms with van der Waals surface area (Å²) < 4.78 is 18.1. The Hall–Kier alpha value is -3.02. The highest BCUT2D eigenvalue weighted by atomic mass is 16.5. The molecule has 1 heterocycles. The Morgan fingerprint density at radius 3 is 2.19 bits per heavy atom. The van der Waals surface area contributed by atoms with Gasteiger partial charge in [-0.15, -0.1) is 5.10 Å². The highest BCUT2D eigenvalue weighted by molar-refractivity contribution is 5.65. The quantitative estimate of drug-likeness (QED) is 0.594. The van der Waals surface area contributed by atoms with Crippen LogP contribution in [0.1, 0.15) is 25.3 Å². The molecule has 0 saturated carbocycles. The van der Waals surface area contributed by atoms with Crippen molar-refractivity contribution in [3.8, 4) is 34.2 Å². The van der Waals surface area contributed by atoms with E-state index < -0.39 is 0 Å². The number of hydrogen-bond acceptors (Lipinski definition) is 5. The van der Waals surface area contributed by atoms with Gasteiger partial charge in [0.15, 0.2) is 11.5 Å². The summed E-state index contributed by atoms with van der Waals surface area (Å²) in [7, 11) is 4.81. The molecular formula is C21H25N3O3. The van der Waals surface area contributed by atoms with E-state index in [1.165, 1.54) is 18.4 Å². The highest BCUT2D eigenvalue weighted by Crippen LogP contribution is 2.37. The Morgan fingerprint density at radius 2 is 1.56 bits per heavy atom. The van der Waals surface area contributed by atoms with Gasteiger partial charge in [0.2, 0.25) is 0 Å². The monoisotopic (exact) mass is 367 g/mol. The number of unbranched alkanes of at least 4 members (excludes halogenated alkanes) is 1. The fourth-order valence-corrected chi connectivity index (χ4v) is 3.01. The number of methoxy groups -OCH3 is 3. The second kappa shape index (κ2) is 8.58. The molecule has 3 aromatic rings. The minimum absolute atomic E-state index is 0.597. The first-order valence-corrected chi connectivity index (χ1v) is 9.02. The van der Waals surface area contributed by atoms with Crippen molar-refractivity contribution >= 4 is 0 Å². The van der Waals surface area contributed by atoms with Gasteiger partial charge in [-0.3, -0.25) is 0 Å². The number of benzene rings is 2. The summed E-state index contributed by atoms with van der Waals surface area (Å²) in [6.07, 6.45) is 5.23. The molecule has 0 fully saturated rings. The molecule has 142 valence electrons. The molecule has 3 rings (SSSR count). The molecule has 0 aliphatic carbocycles. The van der Waals surface area contributed by atoms with Gasteiger partial charge in [0.25, 0.3) is 0 Å². The first kappa shape index (κ1) is 18.8. The summed E-state index contributed by atoms with van der Waals surface area (Å²) in [6, 6.07) is 12.2. The van der Waals surface area contributed by atoms with Crippen molar-refractivity contribution in [1.82, 2.24) is 15.0 Å². The molecule has 2 aromatic carbocycles. The molecule has 1 aromatic heterocycles. The Morgan fingerprint density at radius 1 is 0.889 bits per heavy atom. The molecule has 27 heavy (non-hydrogen) atoms. The van der Waals surface area contributed by atoms with Crippen molar-refractivity contribution in [1.29, 1.82) is 0 Å². The van der Waals surface area contributed by atoms with Gasteiger partial charge in [-0.05, 0) is 18.4 Å². The Kier molecular flexibility index (Phi) is 5.96. The maximum atomic E-state index is 5.54. The second-order valence-electron chi connectivity index (χ2n) is 6.21. The number of ether oxygens (including phenoxy) is 3. The van der Waals surface area contributed by atoms with Crippen molar-refractivity contribution < 1.29 is 14.2 Å². The molecule has 0 bridgehead atoms. The fraction of sp³-hybridized carbons (Fsp3) is 0.333. The zero-order valence-corrected chi connectivity index (χ0v) is 16.2. The minimum Gasteiger partial charge on any atom is -0.494 e. The smallest absolute Gasteiger partial charge is 0.164 e. The third kappa shape index (κ3) is 3.89. The summed E-state index contributed by atoms with van der Waals surface area (Å²) in [6.45, 7) is 2.20. The maximum Gasteiger partial charge on any atom is 0.164 e. The van der Waals surface area contributed by atoms with Gasteiger partial charge in [0.05, 0.1) is 33.2 Å². The molecule has 0 aliphatic rings. The number of hydrogen-bond donors (Lipinski definition) is 0. The summed E-state index contributed by atoms with van der Waals surface area (Å²) in [5.74, 6) is 1.82. The second-order valence-corrected chi connectivity index (χ2v) is 6.21. The standard InChI is InChI=1S/C21H25N3O3/c1-5-6-7-15-8-10-16(11-9-15)18-14-22-23-24(18)17-12-20(26-3)21(27-4)13-19(17)25-2/h8-14H,5-7H2,1-4H3. The lowest BCUT2D eigenvalue weighted by atomic mass is 10.0. The van der Waals surface area contributed by atoms with E-state index in [0.717, 1.165) is 23.4 Å². The molecule has 0 saturated heterocycles. The van der Waals surface area contributed by atoms with Gasteiger partial charge >= 0.3 is 0 Å². The molecule has 0 N–H and O–H groups in total. The largest absolute Gasteiger partial charge is 0.494 e. The van der Waals surface area contributed by atoms with Crippen LogP contribution in [-0.2, 0) is 6.42 Å². The van der Waals surface area contributed by atoms with E-state index in [-0.39, 0.29) is 0 Å². The third-order valence-corrected chi connectivity index (χ3v) is 4.53. The highest BCUT2D eigenvalue weighted by Gasteiger charge is 2.17. The van der Waals surface area contributed by atoms with Crippen LogP contribution in [-0.4, -0.2) is 36.3 Å². The van der Waals surface area contributed by atoms with E-state index in [4.69, 9.17) is 14.2 Å². The summed E-state index contributed by atoms with van der Waals surface area (Å²) >= 11 is 0. The molecule has 0 radical (unpaired) electrons. The van der Waals surface area contributed by atoms with Gasteiger partial charge in [-0.1, -0.05) is 42.8 Å². The molecule has 0 atom stereocenters. The Labute approximate surface area is 159 Å². The number of aryl methyl sites for hydroxylation is 1. The van der Waals surface area contributed by atoms with Crippen LogP contribution in [0.4, 0.5) is 0 Å². The van der Waals surface area contributed by atoms with Crippen molar-refractivity contribution in [2.24, 2.45) is 0 Å². The van der Waals surface area contributed by atoms with E-state index in [9.17, 15) is 0 Å². The zero-order chi connectivity index (χ0) is 19.2. The predicted octanol–water partition coefficient (Wildman–Crippen LogP) is 4.30. The zero-order valence-electron chi connectivity index (χ0n) is 16.2. The van der Waals surface area contributed by atoms with Crippen LogP contribution >= 0.6 is 0 Å². The fourth-order valence-electron chi connectivity index (χ4n) is 3.01. The number of nitrogens with zero attached hydrogens (tertiary/aromatic N) is 3. The molecule has 0 unspecified atom stereocenters. The lowest BCUT2D eigenvalue weighted by molar-refractivity contribution is 0.348. The lowest BCUT2D eigenvalue weighted by Gasteiger charge is -2.15. The molecule has 0 amide bonds. The number of rotatable bonds is 8. The van der Waals surface area contributed by atoms with E-state index in [1.54, 1.807) is 38.3 Å². The molecule has 0 spiro atoms. The van der Waals surface area contributed by atoms with Gasteiger partial charge in [0, 0.05) is 17.7 Å². The first-order chi connectivity index (χ1) is 13.2. The molecular weight excluding hydrogens is 342 g/mol. The third-order valence-electron chi connectivity index (χ3n) is 4.53. The van der Waals surface area contributed by atoms with E-state index in [0.29, 0.717) is 17.2 Å².